The molecule has 0 atom stereocenters. The Morgan fingerprint density at radius 2 is 1.74 bits per heavy atom. The lowest BCUT2D eigenvalue weighted by Crippen LogP contribution is -2.31. The first-order valence-electron chi connectivity index (χ1n) is 9.80. The van der Waals surface area contributed by atoms with Gasteiger partial charge in [0.15, 0.2) is 0 Å². The Morgan fingerprint density at radius 3 is 2.35 bits per heavy atom. The number of rotatable bonds is 6. The number of benzene rings is 2. The number of imide groups is 1. The Balaban J connectivity index is 1.75. The van der Waals surface area contributed by atoms with Gasteiger partial charge in [-0.25, -0.2) is 0 Å². The van der Waals surface area contributed by atoms with Crippen molar-refractivity contribution in [1.82, 2.24) is 4.90 Å². The van der Waals surface area contributed by atoms with Crippen LogP contribution in [0.25, 0.3) is 5.57 Å². The van der Waals surface area contributed by atoms with Gasteiger partial charge in [0, 0.05) is 16.3 Å². The monoisotopic (exact) mass is 454 g/mol. The minimum absolute atomic E-state index is 0.0246. The predicted molar refractivity (Wildman–Crippen MR) is 122 cm³/mol. The van der Waals surface area contributed by atoms with E-state index in [4.69, 9.17) is 27.6 Å². The molecule has 1 N–H and O–H groups in total. The van der Waals surface area contributed by atoms with Crippen LogP contribution in [0.3, 0.4) is 0 Å². The second kappa shape index (κ2) is 8.61. The van der Waals surface area contributed by atoms with Gasteiger partial charge in [-0.3, -0.25) is 14.5 Å². The first kappa shape index (κ1) is 21.2. The summed E-state index contributed by atoms with van der Waals surface area (Å²) in [5, 5.41) is 3.86. The van der Waals surface area contributed by atoms with Crippen LogP contribution in [-0.2, 0) is 16.1 Å². The number of carbonyl (C=O) groups is 2. The molecule has 0 fully saturated rings. The Bertz CT molecular complexity index is 1170. The van der Waals surface area contributed by atoms with Crippen LogP contribution in [-0.4, -0.2) is 16.7 Å². The highest BCUT2D eigenvalue weighted by Gasteiger charge is 2.40. The van der Waals surface area contributed by atoms with Crippen LogP contribution < -0.4 is 5.32 Å². The maximum absolute atomic E-state index is 13.3. The number of furan rings is 1. The van der Waals surface area contributed by atoms with Crippen molar-refractivity contribution in [2.24, 2.45) is 0 Å². The lowest BCUT2D eigenvalue weighted by molar-refractivity contribution is -0.137. The average molecular weight is 455 g/mol. The molecular formula is C24H20Cl2N2O3. The minimum atomic E-state index is -0.452. The van der Waals surface area contributed by atoms with Gasteiger partial charge >= 0.3 is 0 Å². The highest BCUT2D eigenvalue weighted by Crippen LogP contribution is 2.36. The molecule has 0 unspecified atom stereocenters. The molecule has 3 aromatic rings. The third-order valence-corrected chi connectivity index (χ3v) is 5.66. The van der Waals surface area contributed by atoms with E-state index in [-0.39, 0.29) is 22.8 Å². The van der Waals surface area contributed by atoms with Crippen molar-refractivity contribution >= 4 is 46.3 Å². The molecule has 31 heavy (non-hydrogen) atoms. The van der Waals surface area contributed by atoms with Crippen LogP contribution in [0.5, 0.6) is 0 Å². The second-order valence-corrected chi connectivity index (χ2v) is 8.40. The average Bonchev–Trinajstić information content (AvgIpc) is 3.32. The maximum Gasteiger partial charge on any atom is 0.278 e. The van der Waals surface area contributed by atoms with Gasteiger partial charge in [0.1, 0.15) is 11.5 Å². The second-order valence-electron chi connectivity index (χ2n) is 7.55. The number of nitrogens with one attached hydrogen (secondary N) is 1. The van der Waals surface area contributed by atoms with Crippen LogP contribution in [0.4, 0.5) is 5.69 Å². The van der Waals surface area contributed by atoms with Crippen LogP contribution in [0, 0.1) is 0 Å². The van der Waals surface area contributed by atoms with E-state index < -0.39 is 11.8 Å². The van der Waals surface area contributed by atoms with E-state index in [0.29, 0.717) is 28.0 Å². The van der Waals surface area contributed by atoms with Crippen LogP contribution in [0.15, 0.2) is 71.0 Å². The number of hydrogen-bond acceptors (Lipinski definition) is 4. The molecule has 0 spiro atoms. The van der Waals surface area contributed by atoms with Gasteiger partial charge in [0.2, 0.25) is 0 Å². The summed E-state index contributed by atoms with van der Waals surface area (Å²) >= 11 is 12.4. The highest BCUT2D eigenvalue weighted by molar-refractivity contribution is 6.41. The number of hydrogen-bond donors (Lipinski definition) is 1. The first-order chi connectivity index (χ1) is 14.8. The van der Waals surface area contributed by atoms with E-state index in [2.05, 4.69) is 19.2 Å². The fourth-order valence-corrected chi connectivity index (χ4v) is 3.93. The molecule has 7 heteroatoms. The largest absolute Gasteiger partial charge is 0.467 e. The van der Waals surface area contributed by atoms with Crippen molar-refractivity contribution in [2.45, 2.75) is 26.3 Å². The zero-order chi connectivity index (χ0) is 22.1. The van der Waals surface area contributed by atoms with Crippen molar-refractivity contribution in [3.8, 4) is 0 Å². The van der Waals surface area contributed by atoms with Crippen molar-refractivity contribution in [1.29, 1.82) is 0 Å². The summed E-state index contributed by atoms with van der Waals surface area (Å²) in [5.41, 5.74) is 2.67. The summed E-state index contributed by atoms with van der Waals surface area (Å²) in [4.78, 5) is 27.7. The van der Waals surface area contributed by atoms with E-state index in [9.17, 15) is 9.59 Å². The van der Waals surface area contributed by atoms with Crippen LogP contribution in [0.1, 0.15) is 36.7 Å². The van der Waals surface area contributed by atoms with E-state index in [1.165, 1.54) is 11.8 Å². The molecule has 158 valence electrons. The fourth-order valence-electron chi connectivity index (χ4n) is 3.43. The molecule has 1 aliphatic heterocycles. The molecule has 5 nitrogen and oxygen atoms in total. The lowest BCUT2D eigenvalue weighted by atomic mass is 10.0. The smallest absolute Gasteiger partial charge is 0.278 e. The molecule has 1 aliphatic rings. The summed E-state index contributed by atoms with van der Waals surface area (Å²) in [5.74, 6) is -0.0109. The van der Waals surface area contributed by atoms with Gasteiger partial charge < -0.3 is 9.73 Å². The molecule has 4 rings (SSSR count). The molecule has 2 heterocycles. The van der Waals surface area contributed by atoms with Gasteiger partial charge in [-0.2, -0.15) is 0 Å². The van der Waals surface area contributed by atoms with E-state index in [1.54, 1.807) is 30.3 Å². The van der Waals surface area contributed by atoms with E-state index >= 15 is 0 Å². The SMILES string of the molecule is CC(C)c1ccc(NC2=C(c3ccc(Cl)cc3Cl)C(=O)N(Cc3ccco3)C2=O)cc1. The summed E-state index contributed by atoms with van der Waals surface area (Å²) in [6.45, 7) is 4.24. The predicted octanol–water partition coefficient (Wildman–Crippen LogP) is 6.10. The maximum atomic E-state index is 13.3. The van der Waals surface area contributed by atoms with E-state index in [0.717, 1.165) is 4.90 Å². The third kappa shape index (κ3) is 4.24. The quantitative estimate of drug-likeness (QED) is 0.456. The molecule has 1 aromatic heterocycles. The molecule has 2 aromatic carbocycles. The minimum Gasteiger partial charge on any atom is -0.467 e. The van der Waals surface area contributed by atoms with Gasteiger partial charge in [-0.05, 0) is 47.9 Å². The van der Waals surface area contributed by atoms with Crippen molar-refractivity contribution in [3.05, 3.63) is 93.5 Å². The van der Waals surface area contributed by atoms with Gasteiger partial charge in [-0.15, -0.1) is 0 Å². The topological polar surface area (TPSA) is 62.6 Å². The zero-order valence-corrected chi connectivity index (χ0v) is 18.5. The molecule has 0 radical (unpaired) electrons. The molecule has 0 saturated heterocycles. The van der Waals surface area contributed by atoms with Crippen molar-refractivity contribution < 1.29 is 14.0 Å². The number of anilines is 1. The molecule has 2 amide bonds. The van der Waals surface area contributed by atoms with Gasteiger partial charge in [0.25, 0.3) is 11.8 Å². The standard InChI is InChI=1S/C24H20Cl2N2O3/c1-14(2)15-5-8-17(9-6-15)27-22-21(19-10-7-16(25)12-20(19)26)23(29)28(24(22)30)13-18-4-3-11-31-18/h3-12,14,27H,13H2,1-2H3. The molecule has 0 saturated carbocycles. The zero-order valence-electron chi connectivity index (χ0n) is 17.0. The van der Waals surface area contributed by atoms with Crippen LogP contribution >= 0.6 is 23.2 Å². The Morgan fingerprint density at radius 1 is 1.00 bits per heavy atom. The molecule has 0 bridgehead atoms. The third-order valence-electron chi connectivity index (χ3n) is 5.11. The van der Waals surface area contributed by atoms with Gasteiger partial charge in [0.05, 0.1) is 23.4 Å². The number of carbonyl (C=O) groups excluding carboxylic acids is 2. The van der Waals surface area contributed by atoms with E-state index in [1.807, 2.05) is 24.3 Å². The Hall–Kier alpha value is -3.02. The summed E-state index contributed by atoms with van der Waals surface area (Å²) in [7, 11) is 0. The van der Waals surface area contributed by atoms with Gasteiger partial charge in [-0.1, -0.05) is 55.2 Å². The number of amides is 2. The summed E-state index contributed by atoms with van der Waals surface area (Å²) in [6.07, 6.45) is 1.50. The first-order valence-corrected chi connectivity index (χ1v) is 10.6. The normalized spacial score (nSPS) is 14.2. The van der Waals surface area contributed by atoms with Crippen LogP contribution in [0.2, 0.25) is 10.0 Å². The highest BCUT2D eigenvalue weighted by atomic mass is 35.5. The van der Waals surface area contributed by atoms with Crippen molar-refractivity contribution in [3.63, 3.8) is 0 Å². The fraction of sp³-hybridized carbons (Fsp3) is 0.167. The molecule has 0 aliphatic carbocycles. The van der Waals surface area contributed by atoms with Crippen molar-refractivity contribution in [2.75, 3.05) is 5.32 Å². The lowest BCUT2D eigenvalue weighted by Gasteiger charge is -2.14. The Kier molecular flexibility index (Phi) is 5.90. The molecular weight excluding hydrogens is 435 g/mol. The summed E-state index contributed by atoms with van der Waals surface area (Å²) in [6, 6.07) is 16.0. The summed E-state index contributed by atoms with van der Waals surface area (Å²) < 4.78 is 5.33. The number of nitrogens with zero attached hydrogens (tertiary/aromatic N) is 1. The number of halogens is 2. The Labute approximate surface area is 190 Å².